The van der Waals surface area contributed by atoms with Crippen LogP contribution in [0.3, 0.4) is 0 Å². The molecule has 2 nitrogen and oxygen atoms in total. The van der Waals surface area contributed by atoms with Gasteiger partial charge in [0.05, 0.1) is 12.2 Å². The Balaban J connectivity index is 2.45. The zero-order valence-electron chi connectivity index (χ0n) is 9.41. The first-order valence-electron chi connectivity index (χ1n) is 5.52. The van der Waals surface area contributed by atoms with Gasteiger partial charge in [-0.2, -0.15) is 0 Å². The van der Waals surface area contributed by atoms with Crippen LogP contribution in [0.5, 0.6) is 0 Å². The zero-order chi connectivity index (χ0) is 11.1. The summed E-state index contributed by atoms with van der Waals surface area (Å²) in [6.07, 6.45) is 4.78. The second kappa shape index (κ2) is 6.62. The number of hydrogen-bond acceptors (Lipinski definition) is 3. The summed E-state index contributed by atoms with van der Waals surface area (Å²) in [6, 6.07) is 1.96. The van der Waals surface area contributed by atoms with Crippen molar-refractivity contribution >= 4 is 17.3 Å². The Hall–Kier alpha value is -0.830. The van der Waals surface area contributed by atoms with Crippen molar-refractivity contribution in [2.75, 3.05) is 6.61 Å². The standard InChI is InChI=1S/C12H18O2S/c1-3-5-6-7-11-8-10(9-15-11)12(13)14-4-2/h8-9H,3-7H2,1-2H3. The van der Waals surface area contributed by atoms with E-state index in [0.717, 1.165) is 6.42 Å². The van der Waals surface area contributed by atoms with E-state index in [1.807, 2.05) is 18.4 Å². The van der Waals surface area contributed by atoms with Gasteiger partial charge in [0.15, 0.2) is 0 Å². The SMILES string of the molecule is CCCCCc1cc(C(=O)OCC)cs1. The highest BCUT2D eigenvalue weighted by Crippen LogP contribution is 2.18. The molecule has 0 bridgehead atoms. The van der Waals surface area contributed by atoms with Crippen LogP contribution in [0.15, 0.2) is 11.4 Å². The lowest BCUT2D eigenvalue weighted by Gasteiger charge is -1.97. The Bertz CT molecular complexity index is 304. The molecule has 0 saturated heterocycles. The first-order chi connectivity index (χ1) is 7.27. The van der Waals surface area contributed by atoms with Crippen molar-refractivity contribution in [3.8, 4) is 0 Å². The number of hydrogen-bond donors (Lipinski definition) is 0. The lowest BCUT2D eigenvalue weighted by atomic mass is 10.2. The molecule has 1 aromatic rings. The second-order valence-corrected chi connectivity index (χ2v) is 4.48. The van der Waals surface area contributed by atoms with Crippen molar-refractivity contribution in [3.05, 3.63) is 21.9 Å². The molecule has 0 saturated carbocycles. The Morgan fingerprint density at radius 1 is 1.40 bits per heavy atom. The van der Waals surface area contributed by atoms with Gasteiger partial charge in [-0.1, -0.05) is 19.8 Å². The average Bonchev–Trinajstić information content (AvgIpc) is 2.67. The Morgan fingerprint density at radius 3 is 2.87 bits per heavy atom. The summed E-state index contributed by atoms with van der Waals surface area (Å²) in [6.45, 7) is 4.46. The predicted molar refractivity (Wildman–Crippen MR) is 63.5 cm³/mol. The topological polar surface area (TPSA) is 26.3 Å². The van der Waals surface area contributed by atoms with Crippen LogP contribution < -0.4 is 0 Å². The molecule has 0 aliphatic heterocycles. The van der Waals surface area contributed by atoms with Crippen molar-refractivity contribution in [2.45, 2.75) is 39.5 Å². The van der Waals surface area contributed by atoms with Gasteiger partial charge in [0, 0.05) is 10.3 Å². The van der Waals surface area contributed by atoms with Gasteiger partial charge in [0.25, 0.3) is 0 Å². The molecule has 0 aliphatic carbocycles. The third-order valence-electron chi connectivity index (χ3n) is 2.19. The molecule has 0 unspecified atom stereocenters. The molecule has 0 spiro atoms. The summed E-state index contributed by atoms with van der Waals surface area (Å²) in [5.74, 6) is -0.199. The van der Waals surface area contributed by atoms with Crippen LogP contribution >= 0.6 is 11.3 Å². The van der Waals surface area contributed by atoms with E-state index in [9.17, 15) is 4.79 Å². The highest BCUT2D eigenvalue weighted by atomic mass is 32.1. The summed E-state index contributed by atoms with van der Waals surface area (Å²) in [5, 5.41) is 1.89. The van der Waals surface area contributed by atoms with Gasteiger partial charge in [0.2, 0.25) is 0 Å². The molecular weight excluding hydrogens is 208 g/mol. The smallest absolute Gasteiger partial charge is 0.338 e. The number of rotatable bonds is 6. The first-order valence-corrected chi connectivity index (χ1v) is 6.40. The summed E-state index contributed by atoms with van der Waals surface area (Å²) in [7, 11) is 0. The van der Waals surface area contributed by atoms with Crippen LogP contribution in [0, 0.1) is 0 Å². The molecule has 3 heteroatoms. The zero-order valence-corrected chi connectivity index (χ0v) is 10.2. The molecule has 15 heavy (non-hydrogen) atoms. The molecule has 0 aromatic carbocycles. The van der Waals surface area contributed by atoms with E-state index in [1.165, 1.54) is 24.1 Å². The highest BCUT2D eigenvalue weighted by molar-refractivity contribution is 7.10. The summed E-state index contributed by atoms with van der Waals surface area (Å²) in [5.41, 5.74) is 0.702. The molecule has 1 rings (SSSR count). The van der Waals surface area contributed by atoms with E-state index >= 15 is 0 Å². The van der Waals surface area contributed by atoms with E-state index in [1.54, 1.807) is 11.3 Å². The first kappa shape index (κ1) is 12.2. The van der Waals surface area contributed by atoms with Gasteiger partial charge < -0.3 is 4.74 Å². The lowest BCUT2D eigenvalue weighted by molar-refractivity contribution is 0.0527. The number of ether oxygens (including phenoxy) is 1. The molecule has 0 aliphatic rings. The van der Waals surface area contributed by atoms with Crippen molar-refractivity contribution < 1.29 is 9.53 Å². The molecule has 0 atom stereocenters. The highest BCUT2D eigenvalue weighted by Gasteiger charge is 2.08. The second-order valence-electron chi connectivity index (χ2n) is 3.48. The monoisotopic (exact) mass is 226 g/mol. The normalized spacial score (nSPS) is 10.3. The predicted octanol–water partition coefficient (Wildman–Crippen LogP) is 3.66. The summed E-state index contributed by atoms with van der Waals surface area (Å²) < 4.78 is 4.93. The molecule has 1 aromatic heterocycles. The molecule has 0 amide bonds. The minimum Gasteiger partial charge on any atom is -0.462 e. The molecular formula is C12H18O2S. The van der Waals surface area contributed by atoms with Gasteiger partial charge in [-0.05, 0) is 25.8 Å². The third-order valence-corrected chi connectivity index (χ3v) is 3.19. The van der Waals surface area contributed by atoms with Crippen molar-refractivity contribution in [3.63, 3.8) is 0 Å². The number of unbranched alkanes of at least 4 members (excludes halogenated alkanes) is 2. The average molecular weight is 226 g/mol. The van der Waals surface area contributed by atoms with Crippen molar-refractivity contribution in [1.82, 2.24) is 0 Å². The van der Waals surface area contributed by atoms with Gasteiger partial charge in [-0.3, -0.25) is 0 Å². The fraction of sp³-hybridized carbons (Fsp3) is 0.583. The van der Waals surface area contributed by atoms with E-state index < -0.39 is 0 Å². The summed E-state index contributed by atoms with van der Waals surface area (Å²) in [4.78, 5) is 12.7. The number of aryl methyl sites for hydroxylation is 1. The largest absolute Gasteiger partial charge is 0.462 e. The van der Waals surface area contributed by atoms with Crippen molar-refractivity contribution in [2.24, 2.45) is 0 Å². The fourth-order valence-electron chi connectivity index (χ4n) is 1.38. The number of carbonyl (C=O) groups is 1. The van der Waals surface area contributed by atoms with Crippen LogP contribution in [0.2, 0.25) is 0 Å². The fourth-order valence-corrected chi connectivity index (χ4v) is 2.28. The summed E-state index contributed by atoms with van der Waals surface area (Å²) >= 11 is 1.65. The molecule has 84 valence electrons. The number of thiophene rings is 1. The van der Waals surface area contributed by atoms with E-state index in [0.29, 0.717) is 12.2 Å². The van der Waals surface area contributed by atoms with Crippen LogP contribution in [0.1, 0.15) is 48.3 Å². The van der Waals surface area contributed by atoms with Gasteiger partial charge >= 0.3 is 5.97 Å². The third kappa shape index (κ3) is 4.04. The molecule has 0 fully saturated rings. The molecule has 0 N–H and O–H groups in total. The Kier molecular flexibility index (Phi) is 5.40. The van der Waals surface area contributed by atoms with Gasteiger partial charge in [0.1, 0.15) is 0 Å². The maximum absolute atomic E-state index is 11.4. The van der Waals surface area contributed by atoms with Gasteiger partial charge in [-0.25, -0.2) is 4.79 Å². The van der Waals surface area contributed by atoms with Crippen LogP contribution in [-0.4, -0.2) is 12.6 Å². The van der Waals surface area contributed by atoms with Gasteiger partial charge in [-0.15, -0.1) is 11.3 Å². The van der Waals surface area contributed by atoms with E-state index in [2.05, 4.69) is 6.92 Å². The molecule has 1 heterocycles. The van der Waals surface area contributed by atoms with Crippen LogP contribution in [0.25, 0.3) is 0 Å². The Morgan fingerprint density at radius 2 is 2.20 bits per heavy atom. The lowest BCUT2D eigenvalue weighted by Crippen LogP contribution is -2.02. The minimum absolute atomic E-state index is 0.199. The molecule has 0 radical (unpaired) electrons. The minimum atomic E-state index is -0.199. The Labute approximate surface area is 95.3 Å². The van der Waals surface area contributed by atoms with E-state index in [-0.39, 0.29) is 5.97 Å². The number of carbonyl (C=O) groups excluding carboxylic acids is 1. The van der Waals surface area contributed by atoms with Crippen LogP contribution in [-0.2, 0) is 11.2 Å². The maximum Gasteiger partial charge on any atom is 0.338 e. The van der Waals surface area contributed by atoms with E-state index in [4.69, 9.17) is 4.74 Å². The number of esters is 1. The quantitative estimate of drug-likeness (QED) is 0.546. The maximum atomic E-state index is 11.4. The van der Waals surface area contributed by atoms with Crippen LogP contribution in [0.4, 0.5) is 0 Å². The van der Waals surface area contributed by atoms with Crippen molar-refractivity contribution in [1.29, 1.82) is 0 Å².